The van der Waals surface area contributed by atoms with E-state index in [1.165, 1.54) is 25.7 Å². The van der Waals surface area contributed by atoms with E-state index in [4.69, 9.17) is 0 Å². The van der Waals surface area contributed by atoms with Crippen molar-refractivity contribution in [1.29, 1.82) is 0 Å². The van der Waals surface area contributed by atoms with Gasteiger partial charge in [0, 0.05) is 16.7 Å². The van der Waals surface area contributed by atoms with Gasteiger partial charge in [-0.25, -0.2) is 4.79 Å². The molecule has 0 aliphatic rings. The summed E-state index contributed by atoms with van der Waals surface area (Å²) in [4.78, 5) is 11.2. The van der Waals surface area contributed by atoms with Crippen LogP contribution >= 0.6 is 15.9 Å². The summed E-state index contributed by atoms with van der Waals surface area (Å²) in [5, 5.41) is 12.4. The highest BCUT2D eigenvalue weighted by atomic mass is 79.9. The lowest BCUT2D eigenvalue weighted by molar-refractivity contribution is 0.0697. The zero-order valence-corrected chi connectivity index (χ0v) is 13.9. The second-order valence-electron chi connectivity index (χ2n) is 5.49. The Hall–Kier alpha value is -1.03. The van der Waals surface area contributed by atoms with E-state index < -0.39 is 5.97 Å². The van der Waals surface area contributed by atoms with Crippen molar-refractivity contribution in [3.63, 3.8) is 0 Å². The zero-order chi connectivity index (χ0) is 15.0. The monoisotopic (exact) mass is 341 g/mol. The van der Waals surface area contributed by atoms with E-state index in [9.17, 15) is 9.90 Å². The van der Waals surface area contributed by atoms with Crippen molar-refractivity contribution in [3.05, 3.63) is 28.2 Å². The highest BCUT2D eigenvalue weighted by Crippen LogP contribution is 2.24. The fourth-order valence-corrected chi connectivity index (χ4v) is 2.68. The Morgan fingerprint density at radius 1 is 1.25 bits per heavy atom. The smallest absolute Gasteiger partial charge is 0.338 e. The summed E-state index contributed by atoms with van der Waals surface area (Å²) in [5.74, 6) is -0.121. The van der Waals surface area contributed by atoms with Crippen LogP contribution in [0.2, 0.25) is 0 Å². The number of carboxylic acid groups (broad SMARTS) is 1. The molecule has 0 amide bonds. The molecule has 1 aromatic rings. The predicted octanol–water partition coefficient (Wildman–Crippen LogP) is 5.17. The lowest BCUT2D eigenvalue weighted by atomic mass is 10.0. The summed E-state index contributed by atoms with van der Waals surface area (Å²) in [6.45, 7) is 5.32. The SMILES string of the molecule is CC(C)CCCCCCNc1cccc(Br)c1C(=O)O. The first-order valence-electron chi connectivity index (χ1n) is 7.28. The van der Waals surface area contributed by atoms with E-state index in [1.54, 1.807) is 6.07 Å². The van der Waals surface area contributed by atoms with E-state index in [1.807, 2.05) is 12.1 Å². The van der Waals surface area contributed by atoms with E-state index in [2.05, 4.69) is 35.1 Å². The molecule has 112 valence electrons. The van der Waals surface area contributed by atoms with Gasteiger partial charge in [0.15, 0.2) is 0 Å². The van der Waals surface area contributed by atoms with Crippen LogP contribution in [0.25, 0.3) is 0 Å². The predicted molar refractivity (Wildman–Crippen MR) is 87.5 cm³/mol. The van der Waals surface area contributed by atoms with Crippen LogP contribution in [0.5, 0.6) is 0 Å². The third kappa shape index (κ3) is 5.95. The summed E-state index contributed by atoms with van der Waals surface area (Å²) in [6, 6.07) is 5.41. The molecular weight excluding hydrogens is 318 g/mol. The Kier molecular flexibility index (Phi) is 7.67. The standard InChI is InChI=1S/C16H24BrNO2/c1-12(2)8-5-3-4-6-11-18-14-10-7-9-13(17)15(14)16(19)20/h7,9-10,12,18H,3-6,8,11H2,1-2H3,(H,19,20). The van der Waals surface area contributed by atoms with Gasteiger partial charge in [-0.15, -0.1) is 0 Å². The number of anilines is 1. The molecule has 1 aromatic carbocycles. The van der Waals surface area contributed by atoms with E-state index in [0.717, 1.165) is 18.9 Å². The Bertz CT molecular complexity index is 432. The molecule has 1 rings (SSSR count). The maximum Gasteiger partial charge on any atom is 0.338 e. The molecule has 0 radical (unpaired) electrons. The quantitative estimate of drug-likeness (QED) is 0.609. The number of nitrogens with one attached hydrogen (secondary N) is 1. The van der Waals surface area contributed by atoms with Gasteiger partial charge >= 0.3 is 5.97 Å². The average Bonchev–Trinajstić information content (AvgIpc) is 2.36. The third-order valence-corrected chi connectivity index (χ3v) is 3.91. The van der Waals surface area contributed by atoms with Crippen molar-refractivity contribution >= 4 is 27.6 Å². The van der Waals surface area contributed by atoms with Crippen molar-refractivity contribution in [1.82, 2.24) is 0 Å². The molecule has 2 N–H and O–H groups in total. The van der Waals surface area contributed by atoms with Crippen molar-refractivity contribution < 1.29 is 9.90 Å². The molecule has 0 spiro atoms. The number of hydrogen-bond acceptors (Lipinski definition) is 2. The highest BCUT2D eigenvalue weighted by molar-refractivity contribution is 9.10. The molecule has 0 saturated heterocycles. The van der Waals surface area contributed by atoms with Crippen LogP contribution in [0.4, 0.5) is 5.69 Å². The largest absolute Gasteiger partial charge is 0.478 e. The number of aromatic carboxylic acids is 1. The van der Waals surface area contributed by atoms with Gasteiger partial charge in [0.1, 0.15) is 0 Å². The molecule has 0 aliphatic heterocycles. The summed E-state index contributed by atoms with van der Waals surface area (Å²) in [6.07, 6.45) is 6.10. The summed E-state index contributed by atoms with van der Waals surface area (Å²) < 4.78 is 0.618. The molecule has 0 saturated carbocycles. The number of hydrogen-bond donors (Lipinski definition) is 2. The van der Waals surface area contributed by atoms with Gasteiger partial charge in [-0.3, -0.25) is 0 Å². The average molecular weight is 342 g/mol. The van der Waals surface area contributed by atoms with Crippen molar-refractivity contribution in [2.75, 3.05) is 11.9 Å². The molecule has 0 fully saturated rings. The number of unbranched alkanes of at least 4 members (excludes halogenated alkanes) is 3. The maximum absolute atomic E-state index is 11.2. The summed E-state index contributed by atoms with van der Waals surface area (Å²) in [7, 11) is 0. The molecule has 0 aliphatic carbocycles. The van der Waals surface area contributed by atoms with Crippen LogP contribution in [0.15, 0.2) is 22.7 Å². The van der Waals surface area contributed by atoms with Crippen molar-refractivity contribution in [2.45, 2.75) is 46.0 Å². The van der Waals surface area contributed by atoms with Gasteiger partial charge in [0.05, 0.1) is 5.56 Å². The van der Waals surface area contributed by atoms with Gasteiger partial charge in [-0.05, 0) is 40.4 Å². The highest BCUT2D eigenvalue weighted by Gasteiger charge is 2.13. The first kappa shape index (κ1) is 17.0. The second kappa shape index (κ2) is 9.01. The van der Waals surface area contributed by atoms with Gasteiger partial charge in [0.25, 0.3) is 0 Å². The molecule has 0 heterocycles. The van der Waals surface area contributed by atoms with Crippen LogP contribution < -0.4 is 5.32 Å². The Labute approximate surface area is 129 Å². The molecule has 0 bridgehead atoms. The molecule has 20 heavy (non-hydrogen) atoms. The molecule has 0 unspecified atom stereocenters. The Morgan fingerprint density at radius 2 is 1.95 bits per heavy atom. The molecule has 4 heteroatoms. The van der Waals surface area contributed by atoms with Gasteiger partial charge in [-0.2, -0.15) is 0 Å². The molecule has 3 nitrogen and oxygen atoms in total. The lowest BCUT2D eigenvalue weighted by Crippen LogP contribution is -2.08. The second-order valence-corrected chi connectivity index (χ2v) is 6.35. The minimum Gasteiger partial charge on any atom is -0.478 e. The van der Waals surface area contributed by atoms with Crippen LogP contribution in [-0.4, -0.2) is 17.6 Å². The van der Waals surface area contributed by atoms with Crippen LogP contribution in [-0.2, 0) is 0 Å². The number of benzene rings is 1. The summed E-state index contributed by atoms with van der Waals surface area (Å²) >= 11 is 3.28. The Balaban J connectivity index is 2.32. The Morgan fingerprint density at radius 3 is 2.60 bits per heavy atom. The topological polar surface area (TPSA) is 49.3 Å². The first-order valence-corrected chi connectivity index (χ1v) is 8.07. The molecule has 0 atom stereocenters. The molecular formula is C16H24BrNO2. The van der Waals surface area contributed by atoms with Gasteiger partial charge in [0.2, 0.25) is 0 Å². The third-order valence-electron chi connectivity index (χ3n) is 3.25. The first-order chi connectivity index (χ1) is 9.52. The van der Waals surface area contributed by atoms with Crippen molar-refractivity contribution in [3.8, 4) is 0 Å². The van der Waals surface area contributed by atoms with Crippen LogP contribution in [0.1, 0.15) is 56.3 Å². The number of rotatable bonds is 9. The van der Waals surface area contributed by atoms with Crippen molar-refractivity contribution in [2.24, 2.45) is 5.92 Å². The number of halogens is 1. The fourth-order valence-electron chi connectivity index (χ4n) is 2.14. The minimum atomic E-state index is -0.906. The summed E-state index contributed by atoms with van der Waals surface area (Å²) in [5.41, 5.74) is 1.00. The number of carboxylic acids is 1. The van der Waals surface area contributed by atoms with Crippen LogP contribution in [0.3, 0.4) is 0 Å². The van der Waals surface area contributed by atoms with E-state index >= 15 is 0 Å². The van der Waals surface area contributed by atoms with Crippen LogP contribution in [0, 0.1) is 5.92 Å². The number of carbonyl (C=O) groups is 1. The molecule has 0 aromatic heterocycles. The normalized spacial score (nSPS) is 10.8. The van der Waals surface area contributed by atoms with E-state index in [0.29, 0.717) is 15.7 Å². The maximum atomic E-state index is 11.2. The fraction of sp³-hybridized carbons (Fsp3) is 0.562. The van der Waals surface area contributed by atoms with Gasteiger partial charge in [-0.1, -0.05) is 45.6 Å². The zero-order valence-electron chi connectivity index (χ0n) is 12.3. The van der Waals surface area contributed by atoms with E-state index in [-0.39, 0.29) is 0 Å². The minimum absolute atomic E-state index is 0.312. The van der Waals surface area contributed by atoms with Gasteiger partial charge < -0.3 is 10.4 Å². The lowest BCUT2D eigenvalue weighted by Gasteiger charge is -2.11.